The molecular formula is C17H27N3O. The molecule has 2 N–H and O–H groups in total. The summed E-state index contributed by atoms with van der Waals surface area (Å²) in [6, 6.07) is 10.9. The van der Waals surface area contributed by atoms with E-state index in [2.05, 4.69) is 66.7 Å². The molecule has 1 aromatic carbocycles. The number of guanidine groups is 1. The summed E-state index contributed by atoms with van der Waals surface area (Å²) in [6.07, 6.45) is 0. The van der Waals surface area contributed by atoms with Crippen LogP contribution in [-0.2, 0) is 4.74 Å². The zero-order chi connectivity index (χ0) is 15.3. The molecule has 2 unspecified atom stereocenters. The Balaban J connectivity index is 1.86. The van der Waals surface area contributed by atoms with E-state index < -0.39 is 0 Å². The second kappa shape index (κ2) is 6.94. The molecule has 2 rings (SSSR count). The minimum atomic E-state index is 0.242. The number of ether oxygens (including phenoxy) is 1. The Kier molecular flexibility index (Phi) is 5.23. The van der Waals surface area contributed by atoms with Crippen molar-refractivity contribution >= 4 is 5.96 Å². The zero-order valence-corrected chi connectivity index (χ0v) is 13.5. The van der Waals surface area contributed by atoms with E-state index in [-0.39, 0.29) is 5.41 Å². The summed E-state index contributed by atoms with van der Waals surface area (Å²) in [7, 11) is 1.81. The molecule has 0 aromatic heterocycles. The maximum Gasteiger partial charge on any atom is 0.191 e. The van der Waals surface area contributed by atoms with Crippen molar-refractivity contribution in [1.82, 2.24) is 10.6 Å². The lowest BCUT2D eigenvalue weighted by Crippen LogP contribution is -2.52. The Morgan fingerprint density at radius 2 is 1.95 bits per heavy atom. The smallest absolute Gasteiger partial charge is 0.191 e. The lowest BCUT2D eigenvalue weighted by Gasteiger charge is -2.38. The van der Waals surface area contributed by atoms with Crippen molar-refractivity contribution < 1.29 is 4.74 Å². The van der Waals surface area contributed by atoms with Crippen molar-refractivity contribution in [3.05, 3.63) is 35.9 Å². The fourth-order valence-corrected chi connectivity index (χ4v) is 2.43. The van der Waals surface area contributed by atoms with E-state index in [9.17, 15) is 0 Å². The first-order chi connectivity index (χ1) is 10.0. The molecule has 0 amide bonds. The van der Waals surface area contributed by atoms with Crippen LogP contribution in [0.2, 0.25) is 0 Å². The molecule has 1 aliphatic rings. The number of nitrogens with zero attached hydrogens (tertiary/aromatic N) is 1. The number of nitrogens with one attached hydrogen (secondary N) is 2. The molecule has 0 aliphatic carbocycles. The maximum absolute atomic E-state index is 5.28. The number of rotatable bonds is 5. The Bertz CT molecular complexity index is 468. The molecule has 1 fully saturated rings. The van der Waals surface area contributed by atoms with Gasteiger partial charge in [-0.1, -0.05) is 44.2 Å². The minimum absolute atomic E-state index is 0.242. The van der Waals surface area contributed by atoms with Crippen LogP contribution < -0.4 is 10.6 Å². The van der Waals surface area contributed by atoms with E-state index in [1.54, 1.807) is 0 Å². The summed E-state index contributed by atoms with van der Waals surface area (Å²) < 4.78 is 5.28. The average molecular weight is 289 g/mol. The summed E-state index contributed by atoms with van der Waals surface area (Å²) in [5.41, 5.74) is 1.58. The van der Waals surface area contributed by atoms with E-state index in [0.717, 1.165) is 25.7 Å². The molecule has 1 heterocycles. The maximum atomic E-state index is 5.28. The Morgan fingerprint density at radius 1 is 1.29 bits per heavy atom. The topological polar surface area (TPSA) is 45.7 Å². The minimum Gasteiger partial charge on any atom is -0.380 e. The first-order valence-corrected chi connectivity index (χ1v) is 7.64. The number of benzene rings is 1. The summed E-state index contributed by atoms with van der Waals surface area (Å²) in [5, 5.41) is 6.89. The van der Waals surface area contributed by atoms with E-state index in [4.69, 9.17) is 4.74 Å². The molecule has 21 heavy (non-hydrogen) atoms. The molecule has 0 radical (unpaired) electrons. The summed E-state index contributed by atoms with van der Waals surface area (Å²) in [6.45, 7) is 9.20. The number of hydrogen-bond donors (Lipinski definition) is 2. The van der Waals surface area contributed by atoms with Crippen LogP contribution in [0.15, 0.2) is 35.3 Å². The summed E-state index contributed by atoms with van der Waals surface area (Å²) in [4.78, 5) is 4.32. The highest BCUT2D eigenvalue weighted by molar-refractivity contribution is 5.80. The summed E-state index contributed by atoms with van der Waals surface area (Å²) >= 11 is 0. The Labute approximate surface area is 128 Å². The van der Waals surface area contributed by atoms with Crippen LogP contribution in [-0.4, -0.2) is 38.8 Å². The molecular weight excluding hydrogens is 262 g/mol. The van der Waals surface area contributed by atoms with E-state index in [0.29, 0.717) is 12.0 Å². The highest BCUT2D eigenvalue weighted by Crippen LogP contribution is 2.25. The van der Waals surface area contributed by atoms with Crippen molar-refractivity contribution in [1.29, 1.82) is 0 Å². The lowest BCUT2D eigenvalue weighted by molar-refractivity contribution is -0.0971. The van der Waals surface area contributed by atoms with Gasteiger partial charge in [0.15, 0.2) is 5.96 Å². The van der Waals surface area contributed by atoms with Crippen molar-refractivity contribution in [3.63, 3.8) is 0 Å². The molecule has 0 bridgehead atoms. The van der Waals surface area contributed by atoms with Crippen LogP contribution in [0.4, 0.5) is 0 Å². The van der Waals surface area contributed by atoms with Gasteiger partial charge >= 0.3 is 0 Å². The first-order valence-electron chi connectivity index (χ1n) is 7.64. The highest BCUT2D eigenvalue weighted by atomic mass is 16.5. The molecule has 4 heteroatoms. The summed E-state index contributed by atoms with van der Waals surface area (Å²) in [5.74, 6) is 1.28. The van der Waals surface area contributed by atoms with Gasteiger partial charge in [0.2, 0.25) is 0 Å². The van der Waals surface area contributed by atoms with Crippen LogP contribution in [0, 0.1) is 5.41 Å². The molecule has 1 saturated heterocycles. The third-order valence-corrected chi connectivity index (χ3v) is 4.25. The second-order valence-electron chi connectivity index (χ2n) is 6.36. The molecule has 2 atom stereocenters. The first kappa shape index (κ1) is 15.8. The number of aliphatic imine (C=N–C) groups is 1. The van der Waals surface area contributed by atoms with Gasteiger partial charge in [0.05, 0.1) is 13.2 Å². The molecule has 0 spiro atoms. The van der Waals surface area contributed by atoms with Gasteiger partial charge in [-0.05, 0) is 12.5 Å². The van der Waals surface area contributed by atoms with E-state index in [1.165, 1.54) is 5.56 Å². The van der Waals surface area contributed by atoms with Crippen LogP contribution >= 0.6 is 0 Å². The molecule has 116 valence electrons. The highest BCUT2D eigenvalue weighted by Gasteiger charge is 2.33. The van der Waals surface area contributed by atoms with Gasteiger partial charge < -0.3 is 15.4 Å². The lowest BCUT2D eigenvalue weighted by atomic mass is 9.89. The normalized spacial score (nSPS) is 20.3. The van der Waals surface area contributed by atoms with Crippen molar-refractivity contribution in [3.8, 4) is 0 Å². The van der Waals surface area contributed by atoms with E-state index in [1.807, 2.05) is 7.05 Å². The van der Waals surface area contributed by atoms with Gasteiger partial charge in [-0.15, -0.1) is 0 Å². The van der Waals surface area contributed by atoms with Gasteiger partial charge in [0, 0.05) is 31.0 Å². The second-order valence-corrected chi connectivity index (χ2v) is 6.36. The quantitative estimate of drug-likeness (QED) is 0.646. The molecule has 1 aliphatic heterocycles. The SMILES string of the molecule is CN=C(NCC1(C)COC1)NC(C)C(C)c1ccccc1. The van der Waals surface area contributed by atoms with Crippen molar-refractivity contribution in [2.45, 2.75) is 32.7 Å². The van der Waals surface area contributed by atoms with Gasteiger partial charge in [-0.3, -0.25) is 4.99 Å². The monoisotopic (exact) mass is 289 g/mol. The van der Waals surface area contributed by atoms with Gasteiger partial charge in [-0.25, -0.2) is 0 Å². The van der Waals surface area contributed by atoms with E-state index >= 15 is 0 Å². The standard InChI is InChI=1S/C17H27N3O/c1-13(15-8-6-5-7-9-15)14(2)20-16(18-4)19-10-17(3)11-21-12-17/h5-9,13-14H,10-12H2,1-4H3,(H2,18,19,20). The largest absolute Gasteiger partial charge is 0.380 e. The van der Waals surface area contributed by atoms with Gasteiger partial charge in [0.25, 0.3) is 0 Å². The molecule has 4 nitrogen and oxygen atoms in total. The third-order valence-electron chi connectivity index (χ3n) is 4.25. The van der Waals surface area contributed by atoms with Crippen molar-refractivity contribution in [2.75, 3.05) is 26.8 Å². The van der Waals surface area contributed by atoms with Gasteiger partial charge in [-0.2, -0.15) is 0 Å². The van der Waals surface area contributed by atoms with Gasteiger partial charge in [0.1, 0.15) is 0 Å². The van der Waals surface area contributed by atoms with Crippen LogP contribution in [0.1, 0.15) is 32.3 Å². The predicted molar refractivity (Wildman–Crippen MR) is 87.7 cm³/mol. The fraction of sp³-hybridized carbons (Fsp3) is 0.588. The molecule has 1 aromatic rings. The zero-order valence-electron chi connectivity index (χ0n) is 13.5. The number of hydrogen-bond acceptors (Lipinski definition) is 2. The molecule has 0 saturated carbocycles. The Hall–Kier alpha value is -1.55. The van der Waals surface area contributed by atoms with Crippen molar-refractivity contribution in [2.24, 2.45) is 10.4 Å². The van der Waals surface area contributed by atoms with Crippen LogP contribution in [0.3, 0.4) is 0 Å². The predicted octanol–water partition coefficient (Wildman–Crippen LogP) is 2.38. The average Bonchev–Trinajstić information content (AvgIpc) is 2.49. The fourth-order valence-electron chi connectivity index (χ4n) is 2.43. The third kappa shape index (κ3) is 4.21. The Morgan fingerprint density at radius 3 is 2.48 bits per heavy atom. The van der Waals surface area contributed by atoms with Crippen LogP contribution in [0.25, 0.3) is 0 Å². The van der Waals surface area contributed by atoms with Crippen LogP contribution in [0.5, 0.6) is 0 Å².